The first-order chi connectivity index (χ1) is 12.1. The second-order valence-electron chi connectivity index (χ2n) is 5.92. The summed E-state index contributed by atoms with van der Waals surface area (Å²) in [4.78, 5) is 16.8. The smallest absolute Gasteiger partial charge is 0.255 e. The largest absolute Gasteiger partial charge is 0.492 e. The van der Waals surface area contributed by atoms with Crippen LogP contribution >= 0.6 is 11.6 Å². The van der Waals surface area contributed by atoms with Crippen LogP contribution in [0, 0.1) is 0 Å². The van der Waals surface area contributed by atoms with E-state index < -0.39 is 0 Å². The molecule has 0 bridgehead atoms. The van der Waals surface area contributed by atoms with Gasteiger partial charge in [0.1, 0.15) is 5.75 Å². The number of carbonyl (C=O) groups excluding carboxylic acids is 1. The first kappa shape index (κ1) is 17.4. The number of anilines is 2. The molecule has 0 aliphatic carbocycles. The molecule has 0 spiro atoms. The molecule has 0 aromatic heterocycles. The minimum atomic E-state index is -0.0530. The maximum Gasteiger partial charge on any atom is 0.255 e. The lowest BCUT2D eigenvalue weighted by Gasteiger charge is -2.36. The van der Waals surface area contributed by atoms with Gasteiger partial charge in [-0.15, -0.1) is 0 Å². The number of piperazine rings is 1. The van der Waals surface area contributed by atoms with E-state index in [2.05, 4.69) is 11.0 Å². The number of nitrogens with zero attached hydrogens (tertiary/aromatic N) is 2. The first-order valence-corrected chi connectivity index (χ1v) is 8.79. The van der Waals surface area contributed by atoms with E-state index in [9.17, 15) is 4.79 Å². The van der Waals surface area contributed by atoms with Crippen LogP contribution in [0.1, 0.15) is 17.3 Å². The molecule has 1 amide bonds. The van der Waals surface area contributed by atoms with E-state index in [-0.39, 0.29) is 5.91 Å². The van der Waals surface area contributed by atoms with E-state index in [1.807, 2.05) is 30.0 Å². The number of amides is 1. The van der Waals surface area contributed by atoms with Crippen molar-refractivity contribution >= 4 is 28.9 Å². The summed E-state index contributed by atoms with van der Waals surface area (Å²) in [6.07, 6.45) is 0. The zero-order valence-corrected chi connectivity index (χ0v) is 15.0. The van der Waals surface area contributed by atoms with Crippen LogP contribution in [0.15, 0.2) is 42.5 Å². The van der Waals surface area contributed by atoms with Crippen molar-refractivity contribution in [2.45, 2.75) is 6.92 Å². The first-order valence-electron chi connectivity index (χ1n) is 8.41. The maximum absolute atomic E-state index is 12.7. The Labute approximate surface area is 152 Å². The van der Waals surface area contributed by atoms with Crippen LogP contribution in [0.4, 0.5) is 11.4 Å². The lowest BCUT2D eigenvalue weighted by Crippen LogP contribution is -2.49. The molecule has 1 heterocycles. The van der Waals surface area contributed by atoms with Crippen molar-refractivity contribution in [2.75, 3.05) is 43.4 Å². The standard InChI is InChI=1S/C19H22ClN3O2/c1-2-25-18-6-4-3-5-17(18)22-9-11-23(12-10-22)19(24)15-8-7-14(21)13-16(15)20/h3-8,13H,2,9-12,21H2,1H3. The second-order valence-corrected chi connectivity index (χ2v) is 6.33. The molecule has 0 radical (unpaired) electrons. The number of nitrogens with two attached hydrogens (primary N) is 1. The predicted molar refractivity (Wildman–Crippen MR) is 102 cm³/mol. The molecule has 132 valence electrons. The molecule has 2 N–H and O–H groups in total. The van der Waals surface area contributed by atoms with Gasteiger partial charge in [-0.3, -0.25) is 4.79 Å². The van der Waals surface area contributed by atoms with E-state index >= 15 is 0 Å². The van der Waals surface area contributed by atoms with Crippen LogP contribution in [0.3, 0.4) is 0 Å². The van der Waals surface area contributed by atoms with Crippen molar-refractivity contribution in [3.05, 3.63) is 53.1 Å². The quantitative estimate of drug-likeness (QED) is 0.851. The zero-order chi connectivity index (χ0) is 17.8. The third-order valence-electron chi connectivity index (χ3n) is 4.30. The normalized spacial score (nSPS) is 14.5. The van der Waals surface area contributed by atoms with E-state index in [1.54, 1.807) is 18.2 Å². The molecule has 1 aliphatic rings. The van der Waals surface area contributed by atoms with Gasteiger partial charge in [0.15, 0.2) is 0 Å². The van der Waals surface area contributed by atoms with Crippen molar-refractivity contribution < 1.29 is 9.53 Å². The van der Waals surface area contributed by atoms with Crippen molar-refractivity contribution in [3.63, 3.8) is 0 Å². The van der Waals surface area contributed by atoms with Crippen molar-refractivity contribution in [1.82, 2.24) is 4.90 Å². The number of hydrogen-bond donors (Lipinski definition) is 1. The molecule has 6 heteroatoms. The fourth-order valence-electron chi connectivity index (χ4n) is 3.02. The monoisotopic (exact) mass is 359 g/mol. The molecule has 1 aliphatic heterocycles. The Bertz CT molecular complexity index is 758. The average Bonchev–Trinajstić information content (AvgIpc) is 2.62. The minimum absolute atomic E-state index is 0.0530. The number of para-hydroxylation sites is 2. The average molecular weight is 360 g/mol. The fraction of sp³-hybridized carbons (Fsp3) is 0.316. The van der Waals surface area contributed by atoms with Crippen molar-refractivity contribution in [1.29, 1.82) is 0 Å². The highest BCUT2D eigenvalue weighted by molar-refractivity contribution is 6.34. The van der Waals surface area contributed by atoms with Crippen LogP contribution in [-0.2, 0) is 0 Å². The zero-order valence-electron chi connectivity index (χ0n) is 14.2. The van der Waals surface area contributed by atoms with Gasteiger partial charge in [-0.2, -0.15) is 0 Å². The van der Waals surface area contributed by atoms with Crippen molar-refractivity contribution in [3.8, 4) is 5.75 Å². The van der Waals surface area contributed by atoms with Gasteiger partial charge in [0.2, 0.25) is 0 Å². The summed E-state index contributed by atoms with van der Waals surface area (Å²) in [7, 11) is 0. The van der Waals surface area contributed by atoms with Gasteiger partial charge < -0.3 is 20.3 Å². The highest BCUT2D eigenvalue weighted by atomic mass is 35.5. The van der Waals surface area contributed by atoms with Gasteiger partial charge in [-0.05, 0) is 37.3 Å². The molecule has 2 aromatic rings. The van der Waals surface area contributed by atoms with Gasteiger partial charge in [0, 0.05) is 31.9 Å². The van der Waals surface area contributed by atoms with Gasteiger partial charge in [0.25, 0.3) is 5.91 Å². The Morgan fingerprint density at radius 1 is 1.16 bits per heavy atom. The van der Waals surface area contributed by atoms with Crippen LogP contribution in [-0.4, -0.2) is 43.6 Å². The number of ether oxygens (including phenoxy) is 1. The molecule has 5 nitrogen and oxygen atoms in total. The Hall–Kier alpha value is -2.40. The molecule has 0 atom stereocenters. The number of nitrogen functional groups attached to an aromatic ring is 1. The predicted octanol–water partition coefficient (Wildman–Crippen LogP) is 3.28. The summed E-state index contributed by atoms with van der Waals surface area (Å²) in [5, 5.41) is 0.397. The molecule has 2 aromatic carbocycles. The van der Waals surface area contributed by atoms with E-state index in [4.69, 9.17) is 22.1 Å². The lowest BCUT2D eigenvalue weighted by molar-refractivity contribution is 0.0747. The van der Waals surface area contributed by atoms with Crippen LogP contribution in [0.5, 0.6) is 5.75 Å². The Balaban J connectivity index is 1.69. The van der Waals surface area contributed by atoms with E-state index in [0.29, 0.717) is 36.0 Å². The Kier molecular flexibility index (Phi) is 5.34. The minimum Gasteiger partial charge on any atom is -0.492 e. The maximum atomic E-state index is 12.7. The summed E-state index contributed by atoms with van der Waals surface area (Å²) in [5.41, 5.74) is 7.82. The van der Waals surface area contributed by atoms with Gasteiger partial charge >= 0.3 is 0 Å². The SMILES string of the molecule is CCOc1ccccc1N1CCN(C(=O)c2ccc(N)cc2Cl)CC1. The van der Waals surface area contributed by atoms with Crippen LogP contribution < -0.4 is 15.4 Å². The topological polar surface area (TPSA) is 58.8 Å². The summed E-state index contributed by atoms with van der Waals surface area (Å²) in [6.45, 7) is 5.39. The third-order valence-corrected chi connectivity index (χ3v) is 4.61. The molecule has 3 rings (SSSR count). The summed E-state index contributed by atoms with van der Waals surface area (Å²) in [6, 6.07) is 13.0. The highest BCUT2D eigenvalue weighted by Gasteiger charge is 2.24. The number of benzene rings is 2. The molecule has 25 heavy (non-hydrogen) atoms. The molecule has 1 fully saturated rings. The van der Waals surface area contributed by atoms with Gasteiger partial charge in [-0.1, -0.05) is 23.7 Å². The summed E-state index contributed by atoms with van der Waals surface area (Å²) < 4.78 is 5.71. The summed E-state index contributed by atoms with van der Waals surface area (Å²) >= 11 is 6.17. The fourth-order valence-corrected chi connectivity index (χ4v) is 3.29. The molecular formula is C19H22ClN3O2. The number of carbonyl (C=O) groups is 1. The number of halogens is 1. The Morgan fingerprint density at radius 3 is 2.56 bits per heavy atom. The molecule has 0 saturated carbocycles. The van der Waals surface area contributed by atoms with Gasteiger partial charge in [0.05, 0.1) is 22.9 Å². The van der Waals surface area contributed by atoms with Crippen LogP contribution in [0.2, 0.25) is 5.02 Å². The molecule has 1 saturated heterocycles. The highest BCUT2D eigenvalue weighted by Crippen LogP contribution is 2.29. The summed E-state index contributed by atoms with van der Waals surface area (Å²) in [5.74, 6) is 0.828. The van der Waals surface area contributed by atoms with E-state index in [1.165, 1.54) is 0 Å². The Morgan fingerprint density at radius 2 is 1.88 bits per heavy atom. The number of hydrogen-bond acceptors (Lipinski definition) is 4. The van der Waals surface area contributed by atoms with E-state index in [0.717, 1.165) is 24.5 Å². The lowest BCUT2D eigenvalue weighted by atomic mass is 10.1. The third kappa shape index (κ3) is 3.82. The van der Waals surface area contributed by atoms with Crippen molar-refractivity contribution in [2.24, 2.45) is 0 Å². The number of rotatable bonds is 4. The molecule has 0 unspecified atom stereocenters. The van der Waals surface area contributed by atoms with Gasteiger partial charge in [-0.25, -0.2) is 0 Å². The molecular weight excluding hydrogens is 338 g/mol. The second kappa shape index (κ2) is 7.66. The van der Waals surface area contributed by atoms with Crippen LogP contribution in [0.25, 0.3) is 0 Å².